The van der Waals surface area contributed by atoms with Gasteiger partial charge in [-0.25, -0.2) is 0 Å². The molecule has 0 amide bonds. The highest BCUT2D eigenvalue weighted by Gasteiger charge is 2.33. The molecule has 2 heteroatoms. The van der Waals surface area contributed by atoms with Crippen LogP contribution in [0.5, 0.6) is 0 Å². The fourth-order valence-electron chi connectivity index (χ4n) is 2.74. The van der Waals surface area contributed by atoms with Crippen LogP contribution in [0.4, 0.5) is 5.69 Å². The summed E-state index contributed by atoms with van der Waals surface area (Å²) >= 11 is 0. The molecule has 1 fully saturated rings. The van der Waals surface area contributed by atoms with Gasteiger partial charge < -0.3 is 10.2 Å². The fraction of sp³-hybridized carbons (Fsp3) is 0.571. The average Bonchev–Trinajstić information content (AvgIpc) is 2.79. The molecule has 0 spiro atoms. The summed E-state index contributed by atoms with van der Waals surface area (Å²) in [5.41, 5.74) is 2.95. The third-order valence-electron chi connectivity index (χ3n) is 3.87. The normalized spacial score (nSPS) is 18.7. The van der Waals surface area contributed by atoms with Gasteiger partial charge in [0.1, 0.15) is 0 Å². The van der Waals surface area contributed by atoms with Crippen LogP contribution in [0.15, 0.2) is 24.3 Å². The largest absolute Gasteiger partial charge is 0.378 e. The van der Waals surface area contributed by atoms with Gasteiger partial charge in [0.05, 0.1) is 0 Å². The molecular weight excluding hydrogens is 196 g/mol. The lowest BCUT2D eigenvalue weighted by Crippen LogP contribution is -2.36. The molecule has 1 aliphatic rings. The third-order valence-corrected chi connectivity index (χ3v) is 3.87. The van der Waals surface area contributed by atoms with Crippen LogP contribution < -0.4 is 10.2 Å². The molecule has 1 aliphatic carbocycles. The van der Waals surface area contributed by atoms with E-state index in [0.717, 1.165) is 0 Å². The summed E-state index contributed by atoms with van der Waals surface area (Å²) in [6.07, 6.45) is 5.22. The van der Waals surface area contributed by atoms with E-state index in [9.17, 15) is 0 Å². The van der Waals surface area contributed by atoms with Crippen molar-refractivity contribution in [2.24, 2.45) is 0 Å². The Hall–Kier alpha value is -1.02. The smallest absolute Gasteiger partial charge is 0.0432 e. The van der Waals surface area contributed by atoms with Crippen LogP contribution in [-0.4, -0.2) is 21.1 Å². The summed E-state index contributed by atoms with van der Waals surface area (Å²) < 4.78 is 0. The summed E-state index contributed by atoms with van der Waals surface area (Å²) in [5.74, 6) is 0. The first kappa shape index (κ1) is 11.5. The Morgan fingerprint density at radius 3 is 2.06 bits per heavy atom. The van der Waals surface area contributed by atoms with E-state index in [1.165, 1.54) is 36.9 Å². The van der Waals surface area contributed by atoms with Gasteiger partial charge in [-0.15, -0.1) is 0 Å². The molecule has 16 heavy (non-hydrogen) atoms. The fourth-order valence-corrected chi connectivity index (χ4v) is 2.74. The predicted molar refractivity (Wildman–Crippen MR) is 70.0 cm³/mol. The van der Waals surface area contributed by atoms with Crippen molar-refractivity contribution in [3.05, 3.63) is 29.8 Å². The van der Waals surface area contributed by atoms with Crippen molar-refractivity contribution in [2.75, 3.05) is 26.0 Å². The van der Waals surface area contributed by atoms with E-state index in [4.69, 9.17) is 0 Å². The topological polar surface area (TPSA) is 15.3 Å². The van der Waals surface area contributed by atoms with E-state index < -0.39 is 0 Å². The molecule has 0 aliphatic heterocycles. The maximum atomic E-state index is 3.53. The van der Waals surface area contributed by atoms with Gasteiger partial charge in [0.15, 0.2) is 0 Å². The standard InChI is InChI=1S/C14H22N2/c1-15-14(10-4-5-11-14)12-6-8-13(9-7-12)16(2)3/h6-9,15H,4-5,10-11H2,1-3H3. The van der Waals surface area contributed by atoms with E-state index in [1.807, 2.05) is 0 Å². The average molecular weight is 218 g/mol. The van der Waals surface area contributed by atoms with Gasteiger partial charge in [-0.1, -0.05) is 25.0 Å². The van der Waals surface area contributed by atoms with E-state index >= 15 is 0 Å². The van der Waals surface area contributed by atoms with E-state index in [2.05, 4.69) is 55.6 Å². The molecule has 1 aromatic carbocycles. The lowest BCUT2D eigenvalue weighted by Gasteiger charge is -2.29. The second-order valence-corrected chi connectivity index (χ2v) is 4.98. The summed E-state index contributed by atoms with van der Waals surface area (Å²) in [6, 6.07) is 8.98. The lowest BCUT2D eigenvalue weighted by molar-refractivity contribution is 0.372. The maximum absolute atomic E-state index is 3.53. The van der Waals surface area contributed by atoms with E-state index in [0.29, 0.717) is 0 Å². The van der Waals surface area contributed by atoms with Crippen molar-refractivity contribution in [3.63, 3.8) is 0 Å². The monoisotopic (exact) mass is 218 g/mol. The summed E-state index contributed by atoms with van der Waals surface area (Å²) in [6.45, 7) is 0. The van der Waals surface area contributed by atoms with E-state index in [1.54, 1.807) is 0 Å². The number of anilines is 1. The number of nitrogens with zero attached hydrogens (tertiary/aromatic N) is 1. The van der Waals surface area contributed by atoms with Crippen LogP contribution >= 0.6 is 0 Å². The van der Waals surface area contributed by atoms with E-state index in [-0.39, 0.29) is 5.54 Å². The van der Waals surface area contributed by atoms with Gasteiger partial charge in [-0.3, -0.25) is 0 Å². The van der Waals surface area contributed by atoms with Gasteiger partial charge in [0.25, 0.3) is 0 Å². The minimum atomic E-state index is 0.241. The van der Waals surface area contributed by atoms with Crippen molar-refractivity contribution in [1.29, 1.82) is 0 Å². The lowest BCUT2D eigenvalue weighted by atomic mass is 9.88. The molecular formula is C14H22N2. The zero-order valence-electron chi connectivity index (χ0n) is 10.6. The molecule has 0 heterocycles. The third kappa shape index (κ3) is 1.94. The quantitative estimate of drug-likeness (QED) is 0.839. The zero-order valence-corrected chi connectivity index (χ0v) is 10.6. The Morgan fingerprint density at radius 1 is 1.06 bits per heavy atom. The second-order valence-electron chi connectivity index (χ2n) is 4.98. The molecule has 0 bridgehead atoms. The van der Waals surface area contributed by atoms with Crippen molar-refractivity contribution in [3.8, 4) is 0 Å². The number of benzene rings is 1. The van der Waals surface area contributed by atoms with Gasteiger partial charge >= 0.3 is 0 Å². The first-order chi connectivity index (χ1) is 7.68. The van der Waals surface area contributed by atoms with Crippen LogP contribution in [0.25, 0.3) is 0 Å². The Balaban J connectivity index is 2.26. The number of hydrogen-bond donors (Lipinski definition) is 1. The van der Waals surface area contributed by atoms with Crippen LogP contribution in [0.3, 0.4) is 0 Å². The van der Waals surface area contributed by atoms with Crippen LogP contribution in [0.2, 0.25) is 0 Å². The van der Waals surface area contributed by atoms with Gasteiger partial charge in [0, 0.05) is 25.3 Å². The first-order valence-corrected chi connectivity index (χ1v) is 6.15. The molecule has 1 saturated carbocycles. The zero-order chi connectivity index (χ0) is 11.6. The highest BCUT2D eigenvalue weighted by atomic mass is 15.1. The Morgan fingerprint density at radius 2 is 1.62 bits per heavy atom. The molecule has 0 unspecified atom stereocenters. The SMILES string of the molecule is CNC1(c2ccc(N(C)C)cc2)CCCC1. The highest BCUT2D eigenvalue weighted by molar-refractivity contribution is 5.47. The minimum Gasteiger partial charge on any atom is -0.378 e. The van der Waals surface area contributed by atoms with Crippen molar-refractivity contribution < 1.29 is 0 Å². The molecule has 1 aromatic rings. The second kappa shape index (κ2) is 4.46. The summed E-state index contributed by atoms with van der Waals surface area (Å²) in [5, 5.41) is 3.53. The van der Waals surface area contributed by atoms with Gasteiger partial charge in [-0.05, 0) is 37.6 Å². The number of nitrogens with one attached hydrogen (secondary N) is 1. The number of hydrogen-bond acceptors (Lipinski definition) is 2. The van der Waals surface area contributed by atoms with Crippen LogP contribution in [-0.2, 0) is 5.54 Å². The minimum absolute atomic E-state index is 0.241. The van der Waals surface area contributed by atoms with Crippen molar-refractivity contribution in [1.82, 2.24) is 5.32 Å². The molecule has 88 valence electrons. The molecule has 1 N–H and O–H groups in total. The van der Waals surface area contributed by atoms with Gasteiger partial charge in [-0.2, -0.15) is 0 Å². The molecule has 2 nitrogen and oxygen atoms in total. The Bertz CT molecular complexity index is 334. The number of rotatable bonds is 3. The molecule has 0 saturated heterocycles. The molecule has 0 radical (unpaired) electrons. The molecule has 0 aromatic heterocycles. The highest BCUT2D eigenvalue weighted by Crippen LogP contribution is 2.38. The Labute approximate surface area is 98.7 Å². The van der Waals surface area contributed by atoms with Crippen molar-refractivity contribution >= 4 is 5.69 Å². The van der Waals surface area contributed by atoms with Crippen LogP contribution in [0.1, 0.15) is 31.2 Å². The maximum Gasteiger partial charge on any atom is 0.0432 e. The van der Waals surface area contributed by atoms with Crippen molar-refractivity contribution in [2.45, 2.75) is 31.2 Å². The predicted octanol–water partition coefficient (Wildman–Crippen LogP) is 2.74. The van der Waals surface area contributed by atoms with Crippen LogP contribution in [0, 0.1) is 0 Å². The molecule has 2 rings (SSSR count). The van der Waals surface area contributed by atoms with Gasteiger partial charge in [0.2, 0.25) is 0 Å². The Kier molecular flexibility index (Phi) is 3.20. The molecule has 0 atom stereocenters. The first-order valence-electron chi connectivity index (χ1n) is 6.15. The summed E-state index contributed by atoms with van der Waals surface area (Å²) in [7, 11) is 6.25. The summed E-state index contributed by atoms with van der Waals surface area (Å²) in [4.78, 5) is 2.14.